The molecule has 6 heteroatoms. The number of hydrogen-bond acceptors (Lipinski definition) is 2. The highest BCUT2D eigenvalue weighted by molar-refractivity contribution is 9.10. The predicted octanol–water partition coefficient (Wildman–Crippen LogP) is 4.42. The van der Waals surface area contributed by atoms with Crippen molar-refractivity contribution in [2.45, 2.75) is 13.2 Å². The van der Waals surface area contributed by atoms with Gasteiger partial charge in [0.15, 0.2) is 0 Å². The number of ether oxygens (including phenoxy) is 1. The Morgan fingerprint density at radius 1 is 1.15 bits per heavy atom. The summed E-state index contributed by atoms with van der Waals surface area (Å²) in [6, 6.07) is 7.21. The van der Waals surface area contributed by atoms with E-state index in [0.717, 1.165) is 6.07 Å². The van der Waals surface area contributed by atoms with Crippen molar-refractivity contribution in [2.24, 2.45) is 5.73 Å². The first-order valence-electron chi connectivity index (χ1n) is 5.76. The van der Waals surface area contributed by atoms with Crippen molar-refractivity contribution >= 4 is 27.5 Å². The van der Waals surface area contributed by atoms with Crippen molar-refractivity contribution in [1.29, 1.82) is 0 Å². The molecule has 2 aromatic rings. The number of halogens is 4. The highest BCUT2D eigenvalue weighted by Crippen LogP contribution is 2.31. The molecule has 0 saturated heterocycles. The molecule has 0 atom stereocenters. The molecule has 0 aliphatic heterocycles. The Morgan fingerprint density at radius 3 is 2.55 bits per heavy atom. The summed E-state index contributed by atoms with van der Waals surface area (Å²) in [5.74, 6) is -0.739. The van der Waals surface area contributed by atoms with Gasteiger partial charge >= 0.3 is 0 Å². The van der Waals surface area contributed by atoms with Gasteiger partial charge in [-0.25, -0.2) is 8.78 Å². The summed E-state index contributed by atoms with van der Waals surface area (Å²) in [7, 11) is 0. The van der Waals surface area contributed by atoms with Crippen LogP contribution in [0.2, 0.25) is 5.02 Å². The van der Waals surface area contributed by atoms with Crippen molar-refractivity contribution in [1.82, 2.24) is 0 Å². The van der Waals surface area contributed by atoms with Crippen LogP contribution in [0.4, 0.5) is 8.78 Å². The Bertz CT molecular complexity index is 637. The molecule has 2 aromatic carbocycles. The number of hydrogen-bond donors (Lipinski definition) is 1. The van der Waals surface area contributed by atoms with Gasteiger partial charge in [-0.1, -0.05) is 23.7 Å². The summed E-state index contributed by atoms with van der Waals surface area (Å²) in [6.07, 6.45) is 0. The second-order valence-electron chi connectivity index (χ2n) is 4.12. The standard InChI is InChI=1S/C14H11BrClF2NO/c15-10-4-11(16)13(18)5-14(10)20-7-9-2-1-8(6-19)3-12(9)17/h1-5H,6-7,19H2. The minimum Gasteiger partial charge on any atom is -0.488 e. The van der Waals surface area contributed by atoms with Gasteiger partial charge in [-0.3, -0.25) is 0 Å². The smallest absolute Gasteiger partial charge is 0.145 e. The van der Waals surface area contributed by atoms with E-state index in [1.165, 1.54) is 12.1 Å². The Labute approximate surface area is 128 Å². The van der Waals surface area contributed by atoms with E-state index in [9.17, 15) is 8.78 Å². The average Bonchev–Trinajstić information content (AvgIpc) is 2.42. The number of benzene rings is 2. The minimum atomic E-state index is -0.594. The molecule has 0 aliphatic carbocycles. The molecule has 0 fully saturated rings. The summed E-state index contributed by atoms with van der Waals surface area (Å²) in [5, 5.41) is -0.0114. The second-order valence-corrected chi connectivity index (χ2v) is 5.38. The maximum atomic E-state index is 13.7. The molecule has 2 N–H and O–H groups in total. The van der Waals surface area contributed by atoms with Crippen molar-refractivity contribution < 1.29 is 13.5 Å². The minimum absolute atomic E-state index is 0.0114. The fraction of sp³-hybridized carbons (Fsp3) is 0.143. The normalized spacial score (nSPS) is 10.7. The SMILES string of the molecule is NCc1ccc(COc2cc(F)c(Cl)cc2Br)c(F)c1. The number of rotatable bonds is 4. The molecule has 0 aromatic heterocycles. The van der Waals surface area contributed by atoms with Crippen LogP contribution >= 0.6 is 27.5 Å². The third-order valence-corrected chi connectivity index (χ3v) is 3.62. The van der Waals surface area contributed by atoms with Gasteiger partial charge in [-0.2, -0.15) is 0 Å². The summed E-state index contributed by atoms with van der Waals surface area (Å²) in [5.41, 5.74) is 6.49. The largest absolute Gasteiger partial charge is 0.488 e. The number of nitrogens with two attached hydrogens (primary N) is 1. The van der Waals surface area contributed by atoms with Crippen LogP contribution in [0.25, 0.3) is 0 Å². The third kappa shape index (κ3) is 3.48. The lowest BCUT2D eigenvalue weighted by molar-refractivity contribution is 0.296. The van der Waals surface area contributed by atoms with Crippen molar-refractivity contribution in [3.05, 3.63) is 62.6 Å². The zero-order valence-electron chi connectivity index (χ0n) is 10.3. The maximum Gasteiger partial charge on any atom is 0.145 e. The summed E-state index contributed by atoms with van der Waals surface area (Å²) < 4.78 is 33.0. The zero-order valence-corrected chi connectivity index (χ0v) is 12.6. The molecule has 0 heterocycles. The van der Waals surface area contributed by atoms with E-state index in [1.54, 1.807) is 12.1 Å². The highest BCUT2D eigenvalue weighted by Gasteiger charge is 2.10. The molecule has 106 valence electrons. The molecule has 0 unspecified atom stereocenters. The van der Waals surface area contributed by atoms with Gasteiger partial charge in [-0.15, -0.1) is 0 Å². The van der Waals surface area contributed by atoms with E-state index >= 15 is 0 Å². The van der Waals surface area contributed by atoms with E-state index in [2.05, 4.69) is 15.9 Å². The lowest BCUT2D eigenvalue weighted by atomic mass is 10.1. The molecule has 0 amide bonds. The van der Waals surface area contributed by atoms with Gasteiger partial charge in [0.05, 0.1) is 9.50 Å². The zero-order chi connectivity index (χ0) is 14.7. The summed E-state index contributed by atoms with van der Waals surface area (Å²) >= 11 is 8.84. The molecular formula is C14H11BrClF2NO. The van der Waals surface area contributed by atoms with Gasteiger partial charge in [0, 0.05) is 18.2 Å². The molecule has 2 rings (SSSR count). The van der Waals surface area contributed by atoms with E-state index in [0.29, 0.717) is 15.6 Å². The van der Waals surface area contributed by atoms with Gasteiger partial charge < -0.3 is 10.5 Å². The maximum absolute atomic E-state index is 13.7. The second kappa shape index (κ2) is 6.52. The highest BCUT2D eigenvalue weighted by atomic mass is 79.9. The Balaban J connectivity index is 2.15. The van der Waals surface area contributed by atoms with Crippen LogP contribution in [0.15, 0.2) is 34.8 Å². The van der Waals surface area contributed by atoms with E-state index in [-0.39, 0.29) is 23.9 Å². The summed E-state index contributed by atoms with van der Waals surface area (Å²) in [6.45, 7) is 0.252. The average molecular weight is 363 g/mol. The topological polar surface area (TPSA) is 35.2 Å². The Kier molecular flexibility index (Phi) is 4.96. The van der Waals surface area contributed by atoms with Crippen LogP contribution in [0.3, 0.4) is 0 Å². The molecule has 0 aliphatic rings. The first kappa shape index (κ1) is 15.2. The van der Waals surface area contributed by atoms with Gasteiger partial charge in [0.2, 0.25) is 0 Å². The first-order valence-corrected chi connectivity index (χ1v) is 6.93. The monoisotopic (exact) mass is 361 g/mol. The fourth-order valence-electron chi connectivity index (χ4n) is 1.61. The van der Waals surface area contributed by atoms with Gasteiger partial charge in [-0.05, 0) is 33.6 Å². The van der Waals surface area contributed by atoms with Crippen molar-refractivity contribution in [2.75, 3.05) is 0 Å². The van der Waals surface area contributed by atoms with Crippen LogP contribution in [0.5, 0.6) is 5.75 Å². The van der Waals surface area contributed by atoms with Crippen LogP contribution in [0.1, 0.15) is 11.1 Å². The third-order valence-electron chi connectivity index (χ3n) is 2.71. The molecule has 2 nitrogen and oxygen atoms in total. The molecule has 20 heavy (non-hydrogen) atoms. The van der Waals surface area contributed by atoms with E-state index in [1.807, 2.05) is 0 Å². The Hall–Kier alpha value is -1.17. The predicted molar refractivity (Wildman–Crippen MR) is 77.7 cm³/mol. The lowest BCUT2D eigenvalue weighted by Crippen LogP contribution is -2.02. The molecule has 0 bridgehead atoms. The van der Waals surface area contributed by atoms with Crippen LogP contribution < -0.4 is 10.5 Å². The molecular weight excluding hydrogens is 352 g/mol. The van der Waals surface area contributed by atoms with Gasteiger partial charge in [0.1, 0.15) is 24.0 Å². The van der Waals surface area contributed by atoms with Crippen LogP contribution in [-0.2, 0) is 13.2 Å². The molecule has 0 saturated carbocycles. The van der Waals surface area contributed by atoms with E-state index in [4.69, 9.17) is 22.1 Å². The van der Waals surface area contributed by atoms with Crippen molar-refractivity contribution in [3.8, 4) is 5.75 Å². The van der Waals surface area contributed by atoms with E-state index < -0.39 is 11.6 Å². The molecule has 0 spiro atoms. The lowest BCUT2D eigenvalue weighted by Gasteiger charge is -2.10. The van der Waals surface area contributed by atoms with Crippen molar-refractivity contribution in [3.63, 3.8) is 0 Å². The van der Waals surface area contributed by atoms with Gasteiger partial charge in [0.25, 0.3) is 0 Å². The van der Waals surface area contributed by atoms with Crippen LogP contribution in [-0.4, -0.2) is 0 Å². The Morgan fingerprint density at radius 2 is 1.90 bits per heavy atom. The first-order chi connectivity index (χ1) is 9.51. The molecule has 0 radical (unpaired) electrons. The van der Waals surface area contributed by atoms with Crippen LogP contribution in [0, 0.1) is 11.6 Å². The fourth-order valence-corrected chi connectivity index (χ4v) is 2.36. The summed E-state index contributed by atoms with van der Waals surface area (Å²) in [4.78, 5) is 0. The quantitative estimate of drug-likeness (QED) is 0.817.